The Morgan fingerprint density at radius 2 is 1.76 bits per heavy atom. The SMILES string of the molecule is Clc1cccc(C2Nc3c(ccc4ccccc34)C3C=CCC32)c1Cl. The Morgan fingerprint density at radius 1 is 0.880 bits per heavy atom. The lowest BCUT2D eigenvalue weighted by Gasteiger charge is -2.38. The molecule has 3 heteroatoms. The summed E-state index contributed by atoms with van der Waals surface area (Å²) in [5.74, 6) is 0.880. The van der Waals surface area contributed by atoms with E-state index in [1.54, 1.807) is 0 Å². The number of hydrogen-bond acceptors (Lipinski definition) is 1. The van der Waals surface area contributed by atoms with E-state index in [0.29, 0.717) is 21.9 Å². The van der Waals surface area contributed by atoms with Crippen LogP contribution in [0.1, 0.15) is 29.5 Å². The first-order valence-electron chi connectivity index (χ1n) is 8.63. The second-order valence-electron chi connectivity index (χ2n) is 6.87. The van der Waals surface area contributed by atoms with Gasteiger partial charge in [0, 0.05) is 17.0 Å². The molecule has 0 saturated carbocycles. The zero-order chi connectivity index (χ0) is 17.0. The summed E-state index contributed by atoms with van der Waals surface area (Å²) in [6, 6.07) is 19.1. The highest BCUT2D eigenvalue weighted by molar-refractivity contribution is 6.42. The van der Waals surface area contributed by atoms with E-state index < -0.39 is 0 Å². The first kappa shape index (κ1) is 15.3. The fourth-order valence-corrected chi connectivity index (χ4v) is 4.83. The van der Waals surface area contributed by atoms with E-state index in [-0.39, 0.29) is 6.04 Å². The van der Waals surface area contributed by atoms with Crippen LogP contribution < -0.4 is 5.32 Å². The van der Waals surface area contributed by atoms with Crippen LogP contribution in [-0.4, -0.2) is 0 Å². The van der Waals surface area contributed by atoms with E-state index >= 15 is 0 Å². The third kappa shape index (κ3) is 2.30. The van der Waals surface area contributed by atoms with Gasteiger partial charge >= 0.3 is 0 Å². The molecule has 0 bridgehead atoms. The minimum atomic E-state index is 0.157. The van der Waals surface area contributed by atoms with Gasteiger partial charge < -0.3 is 5.32 Å². The first-order valence-corrected chi connectivity index (χ1v) is 9.38. The van der Waals surface area contributed by atoms with Crippen molar-refractivity contribution in [2.75, 3.05) is 5.32 Å². The Morgan fingerprint density at radius 3 is 2.68 bits per heavy atom. The summed E-state index contributed by atoms with van der Waals surface area (Å²) < 4.78 is 0. The van der Waals surface area contributed by atoms with Crippen LogP contribution in [0.3, 0.4) is 0 Å². The Balaban J connectivity index is 1.72. The van der Waals surface area contributed by atoms with Crippen LogP contribution in [-0.2, 0) is 0 Å². The van der Waals surface area contributed by atoms with Gasteiger partial charge in [0.05, 0.1) is 16.1 Å². The maximum Gasteiger partial charge on any atom is 0.0645 e. The second-order valence-corrected chi connectivity index (χ2v) is 7.65. The van der Waals surface area contributed by atoms with Gasteiger partial charge in [0.1, 0.15) is 0 Å². The maximum atomic E-state index is 6.57. The molecule has 1 aliphatic carbocycles. The van der Waals surface area contributed by atoms with Gasteiger partial charge in [-0.3, -0.25) is 0 Å². The number of benzene rings is 3. The molecule has 0 amide bonds. The molecule has 3 unspecified atom stereocenters. The van der Waals surface area contributed by atoms with Crippen LogP contribution in [0, 0.1) is 5.92 Å². The van der Waals surface area contributed by atoms with Crippen molar-refractivity contribution in [1.82, 2.24) is 0 Å². The van der Waals surface area contributed by atoms with Crippen LogP contribution in [0.2, 0.25) is 10.0 Å². The molecule has 0 saturated heterocycles. The third-order valence-corrected chi connectivity index (χ3v) is 6.41. The molecule has 124 valence electrons. The summed E-state index contributed by atoms with van der Waals surface area (Å²) in [7, 11) is 0. The molecule has 2 aliphatic rings. The minimum Gasteiger partial charge on any atom is -0.377 e. The van der Waals surface area contributed by atoms with E-state index in [1.165, 1.54) is 22.0 Å². The number of halogens is 2. The number of anilines is 1. The van der Waals surface area contributed by atoms with E-state index in [4.69, 9.17) is 23.2 Å². The fraction of sp³-hybridized carbons (Fsp3) is 0.182. The van der Waals surface area contributed by atoms with E-state index in [1.807, 2.05) is 12.1 Å². The van der Waals surface area contributed by atoms with Gasteiger partial charge in [0.2, 0.25) is 0 Å². The molecule has 3 atom stereocenters. The van der Waals surface area contributed by atoms with Crippen LogP contribution in [0.4, 0.5) is 5.69 Å². The summed E-state index contributed by atoms with van der Waals surface area (Å²) in [6.07, 6.45) is 5.70. The average molecular weight is 366 g/mol. The van der Waals surface area contributed by atoms with Gasteiger partial charge in [-0.05, 0) is 34.9 Å². The van der Waals surface area contributed by atoms with Crippen molar-refractivity contribution in [3.8, 4) is 0 Å². The van der Waals surface area contributed by atoms with Crippen LogP contribution in [0.25, 0.3) is 10.8 Å². The topological polar surface area (TPSA) is 12.0 Å². The number of allylic oxidation sites excluding steroid dienone is 2. The smallest absolute Gasteiger partial charge is 0.0645 e. The van der Waals surface area contributed by atoms with Crippen molar-refractivity contribution in [1.29, 1.82) is 0 Å². The Hall–Kier alpha value is -1.96. The van der Waals surface area contributed by atoms with Crippen molar-refractivity contribution in [2.24, 2.45) is 5.92 Å². The number of hydrogen-bond donors (Lipinski definition) is 1. The second kappa shape index (κ2) is 5.79. The van der Waals surface area contributed by atoms with E-state index in [0.717, 1.165) is 12.0 Å². The molecule has 0 aromatic heterocycles. The highest BCUT2D eigenvalue weighted by Gasteiger charge is 2.39. The summed E-state index contributed by atoms with van der Waals surface area (Å²) in [5.41, 5.74) is 3.70. The van der Waals surface area contributed by atoms with Crippen LogP contribution >= 0.6 is 23.2 Å². The quantitative estimate of drug-likeness (QED) is 0.459. The molecule has 0 radical (unpaired) electrons. The average Bonchev–Trinajstić information content (AvgIpc) is 3.13. The highest BCUT2D eigenvalue weighted by atomic mass is 35.5. The monoisotopic (exact) mass is 365 g/mol. The summed E-state index contributed by atoms with van der Waals surface area (Å²) in [5, 5.41) is 7.61. The molecule has 25 heavy (non-hydrogen) atoms. The van der Waals surface area contributed by atoms with Crippen molar-refractivity contribution in [2.45, 2.75) is 18.4 Å². The standard InChI is InChI=1S/C22H17Cl2N/c23-19-10-4-9-18(20(19)24)22-16-8-3-7-15(16)17-12-11-13-5-1-2-6-14(13)21(17)25-22/h1-7,9-12,15-16,22,25H,8H2. The van der Waals surface area contributed by atoms with Crippen molar-refractivity contribution in [3.63, 3.8) is 0 Å². The predicted molar refractivity (Wildman–Crippen MR) is 107 cm³/mol. The van der Waals surface area contributed by atoms with Crippen molar-refractivity contribution >= 4 is 39.7 Å². The summed E-state index contributed by atoms with van der Waals surface area (Å²) in [6.45, 7) is 0. The Bertz CT molecular complexity index is 1010. The lowest BCUT2D eigenvalue weighted by Crippen LogP contribution is -2.29. The highest BCUT2D eigenvalue weighted by Crippen LogP contribution is 2.52. The van der Waals surface area contributed by atoms with Crippen LogP contribution in [0.15, 0.2) is 66.7 Å². The summed E-state index contributed by atoms with van der Waals surface area (Å²) >= 11 is 12.9. The number of fused-ring (bicyclic) bond motifs is 5. The van der Waals surface area contributed by atoms with Crippen molar-refractivity contribution < 1.29 is 0 Å². The Labute approximate surface area is 157 Å². The summed E-state index contributed by atoms with van der Waals surface area (Å²) in [4.78, 5) is 0. The molecule has 0 fully saturated rings. The molecule has 5 rings (SSSR count). The zero-order valence-electron chi connectivity index (χ0n) is 13.5. The fourth-order valence-electron chi connectivity index (χ4n) is 4.41. The maximum absolute atomic E-state index is 6.57. The van der Waals surface area contributed by atoms with Gasteiger partial charge in [-0.15, -0.1) is 0 Å². The molecule has 1 nitrogen and oxygen atoms in total. The lowest BCUT2D eigenvalue weighted by molar-refractivity contribution is 0.426. The molecule has 1 heterocycles. The van der Waals surface area contributed by atoms with Crippen molar-refractivity contribution in [3.05, 3.63) is 87.9 Å². The molecule has 3 aromatic carbocycles. The molecule has 0 spiro atoms. The normalized spacial score (nSPS) is 24.0. The molecular weight excluding hydrogens is 349 g/mol. The number of rotatable bonds is 1. The predicted octanol–water partition coefficient (Wildman–Crippen LogP) is 6.97. The molecule has 1 N–H and O–H groups in total. The van der Waals surface area contributed by atoms with Crippen LogP contribution in [0.5, 0.6) is 0 Å². The molecule has 1 aliphatic heterocycles. The van der Waals surface area contributed by atoms with Gasteiger partial charge in [-0.2, -0.15) is 0 Å². The number of nitrogens with one attached hydrogen (secondary N) is 1. The zero-order valence-corrected chi connectivity index (χ0v) is 15.1. The largest absolute Gasteiger partial charge is 0.377 e. The first-order chi connectivity index (χ1) is 12.2. The molecular formula is C22H17Cl2N. The molecule has 3 aromatic rings. The third-order valence-electron chi connectivity index (χ3n) is 5.58. The lowest BCUT2D eigenvalue weighted by atomic mass is 9.76. The Kier molecular flexibility index (Phi) is 3.55. The van der Waals surface area contributed by atoms with Gasteiger partial charge in [0.15, 0.2) is 0 Å². The van der Waals surface area contributed by atoms with E-state index in [9.17, 15) is 0 Å². The van der Waals surface area contributed by atoms with E-state index in [2.05, 4.69) is 59.9 Å². The van der Waals surface area contributed by atoms with Gasteiger partial charge in [-0.1, -0.05) is 83.9 Å². The van der Waals surface area contributed by atoms with Gasteiger partial charge in [-0.25, -0.2) is 0 Å². The minimum absolute atomic E-state index is 0.157. The van der Waals surface area contributed by atoms with Gasteiger partial charge in [0.25, 0.3) is 0 Å².